The minimum atomic E-state index is -2.43. The summed E-state index contributed by atoms with van der Waals surface area (Å²) in [6.45, 7) is 6.66. The molecule has 0 aromatic heterocycles. The topological polar surface area (TPSA) is 231 Å². The van der Waals surface area contributed by atoms with Crippen molar-refractivity contribution in [3.63, 3.8) is 0 Å². The van der Waals surface area contributed by atoms with Gasteiger partial charge in [-0.25, -0.2) is 14.4 Å². The largest absolute Gasteiger partial charge is 0.508 e. The lowest BCUT2D eigenvalue weighted by Gasteiger charge is -2.67. The fourth-order valence-corrected chi connectivity index (χ4v) is 10.1. The molecule has 63 heavy (non-hydrogen) atoms. The summed E-state index contributed by atoms with van der Waals surface area (Å²) in [7, 11) is 1.07. The molecule has 1 saturated heterocycles. The predicted molar refractivity (Wildman–Crippen MR) is 219 cm³/mol. The molecule has 16 nitrogen and oxygen atoms in total. The second kappa shape index (κ2) is 17.0. The maximum atomic E-state index is 15.5. The number of fused-ring (bicyclic) bond motifs is 5. The number of hydrogen-bond donors (Lipinski definition) is 4. The standard InChI is InChI=1S/C47H51NO15/c1-25-30(61-42(55)35(51)34(27-16-10-7-11-17-27)48-40(53)28-18-12-8-13-19-28)23-47(57)39(62-41(54)29-20-14-9-15-21-29)37-45(5,38(52)36(60-26(2)49)33(25)44(47,3)4)31(50)22-32-46(37,24-59-32)63-43(56)58-6/h7-21,30-32,34-37,39,50-51,57H,22-24H2,1-6H3,(H,48,53)/t30-,31-,32+,34?,35+,36+,37?,39-,45+,46-,47+/m0/s1. The first-order valence-electron chi connectivity index (χ1n) is 20.6. The van der Waals surface area contributed by atoms with Crippen molar-refractivity contribution in [1.29, 1.82) is 0 Å². The summed E-state index contributed by atoms with van der Waals surface area (Å²) in [5.74, 6) is -6.24. The number of Topliss-reactive ketones (excluding diaryl/α,β-unsaturated/α-hetero) is 1. The highest BCUT2D eigenvalue weighted by Gasteiger charge is 2.78. The maximum absolute atomic E-state index is 15.5. The number of esters is 3. The van der Waals surface area contributed by atoms with Crippen molar-refractivity contribution in [3.05, 3.63) is 119 Å². The summed E-state index contributed by atoms with van der Waals surface area (Å²) in [6.07, 6.45) is -12.0. The summed E-state index contributed by atoms with van der Waals surface area (Å²) in [5.41, 5.74) is -7.35. The van der Waals surface area contributed by atoms with Gasteiger partial charge in [-0.15, -0.1) is 0 Å². The third-order valence-corrected chi connectivity index (χ3v) is 13.6. The van der Waals surface area contributed by atoms with E-state index in [-0.39, 0.29) is 35.3 Å². The highest BCUT2D eigenvalue weighted by Crippen LogP contribution is 2.64. The Morgan fingerprint density at radius 1 is 0.857 bits per heavy atom. The van der Waals surface area contributed by atoms with Crippen LogP contribution in [0.25, 0.3) is 0 Å². The Hall–Kier alpha value is -5.94. The van der Waals surface area contributed by atoms with E-state index in [0.29, 0.717) is 5.56 Å². The molecule has 3 aromatic rings. The SMILES string of the molecule is COC(=O)O[C@@]12CO[C@@H]1C[C@H](O)[C@@]1(C)C(=O)[C@H](OC(C)=O)C3=C(C)[C@@H](OC(=O)[C@H](O)C(NC(=O)c4ccccc4)c4ccccc4)C[C@@](O)([C@@H](OC(=O)c4ccccc4)C12)C3(C)C. The molecule has 1 heterocycles. The zero-order chi connectivity index (χ0) is 45.6. The van der Waals surface area contributed by atoms with Gasteiger partial charge in [-0.3, -0.25) is 14.4 Å². The first-order chi connectivity index (χ1) is 29.8. The smallest absolute Gasteiger partial charge is 0.456 e. The van der Waals surface area contributed by atoms with Crippen LogP contribution in [0.5, 0.6) is 0 Å². The van der Waals surface area contributed by atoms with Crippen molar-refractivity contribution in [1.82, 2.24) is 5.32 Å². The average molecular weight is 870 g/mol. The number of aliphatic hydroxyl groups is 3. The molecule has 0 radical (unpaired) electrons. The van der Waals surface area contributed by atoms with E-state index < -0.39 is 113 Å². The molecule has 0 spiro atoms. The second-order valence-corrected chi connectivity index (χ2v) is 17.3. The number of carbonyl (C=O) groups is 6. The number of ether oxygens (including phenoxy) is 6. The third-order valence-electron chi connectivity index (χ3n) is 13.6. The number of nitrogens with one attached hydrogen (secondary N) is 1. The van der Waals surface area contributed by atoms with Crippen molar-refractivity contribution in [2.24, 2.45) is 16.7 Å². The molecule has 4 aliphatic rings. The van der Waals surface area contributed by atoms with Gasteiger partial charge in [0.05, 0.1) is 42.8 Å². The van der Waals surface area contributed by atoms with Gasteiger partial charge in [0.1, 0.15) is 23.9 Å². The average Bonchev–Trinajstić information content (AvgIpc) is 3.26. The van der Waals surface area contributed by atoms with Gasteiger partial charge in [0, 0.05) is 30.7 Å². The summed E-state index contributed by atoms with van der Waals surface area (Å²) >= 11 is 0. The zero-order valence-electron chi connectivity index (χ0n) is 35.6. The van der Waals surface area contributed by atoms with E-state index in [0.717, 1.165) is 14.0 Å². The molecule has 3 fully saturated rings. The van der Waals surface area contributed by atoms with Crippen LogP contribution >= 0.6 is 0 Å². The van der Waals surface area contributed by atoms with Crippen LogP contribution < -0.4 is 5.32 Å². The normalized spacial score (nSPS) is 31.5. The van der Waals surface area contributed by atoms with Gasteiger partial charge in [0.25, 0.3) is 5.91 Å². The summed E-state index contributed by atoms with van der Waals surface area (Å²) in [5, 5.41) is 40.3. The molecule has 3 aliphatic carbocycles. The monoisotopic (exact) mass is 869 g/mol. The zero-order valence-corrected chi connectivity index (χ0v) is 35.6. The van der Waals surface area contributed by atoms with Crippen LogP contribution in [-0.2, 0) is 42.8 Å². The number of aliphatic hydroxyl groups excluding tert-OH is 2. The third kappa shape index (κ3) is 7.58. The molecule has 2 bridgehead atoms. The molecule has 2 unspecified atom stereocenters. The Kier molecular flexibility index (Phi) is 12.2. The van der Waals surface area contributed by atoms with E-state index in [1.807, 2.05) is 0 Å². The first-order valence-corrected chi connectivity index (χ1v) is 20.6. The van der Waals surface area contributed by atoms with Crippen molar-refractivity contribution in [3.8, 4) is 0 Å². The minimum Gasteiger partial charge on any atom is -0.456 e. The molecule has 2 saturated carbocycles. The van der Waals surface area contributed by atoms with Crippen LogP contribution in [0.3, 0.4) is 0 Å². The molecule has 1 amide bonds. The molecular formula is C47H51NO15. The summed E-state index contributed by atoms with van der Waals surface area (Å²) in [6, 6.07) is 22.8. The van der Waals surface area contributed by atoms with Gasteiger partial charge >= 0.3 is 24.1 Å². The Morgan fingerprint density at radius 3 is 2.00 bits per heavy atom. The van der Waals surface area contributed by atoms with Crippen molar-refractivity contribution in [2.45, 2.75) is 101 Å². The molecule has 1 aliphatic heterocycles. The van der Waals surface area contributed by atoms with Crippen molar-refractivity contribution >= 4 is 35.8 Å². The molecular weight excluding hydrogens is 819 g/mol. The number of carbonyl (C=O) groups excluding carboxylic acids is 6. The fourth-order valence-electron chi connectivity index (χ4n) is 10.1. The molecule has 4 N–H and O–H groups in total. The number of methoxy groups -OCH3 is 1. The highest BCUT2D eigenvalue weighted by molar-refractivity contribution is 5.96. The van der Waals surface area contributed by atoms with E-state index in [1.165, 1.54) is 26.0 Å². The van der Waals surface area contributed by atoms with Gasteiger partial charge in [0.15, 0.2) is 23.6 Å². The summed E-state index contributed by atoms with van der Waals surface area (Å²) < 4.78 is 35.1. The Morgan fingerprint density at radius 2 is 1.44 bits per heavy atom. The van der Waals surface area contributed by atoms with Crippen molar-refractivity contribution in [2.75, 3.05) is 13.7 Å². The number of rotatable bonds is 10. The van der Waals surface area contributed by atoms with Crippen LogP contribution in [0.2, 0.25) is 0 Å². The van der Waals surface area contributed by atoms with Crippen LogP contribution in [0, 0.1) is 16.7 Å². The fraction of sp³-hybridized carbons (Fsp3) is 0.447. The second-order valence-electron chi connectivity index (χ2n) is 17.3. The van der Waals surface area contributed by atoms with E-state index in [2.05, 4.69) is 5.32 Å². The predicted octanol–water partition coefficient (Wildman–Crippen LogP) is 3.96. The lowest BCUT2D eigenvalue weighted by molar-refractivity contribution is -0.344. The van der Waals surface area contributed by atoms with Crippen LogP contribution in [0.15, 0.2) is 102 Å². The van der Waals surface area contributed by atoms with Crippen molar-refractivity contribution < 1.29 is 72.5 Å². The van der Waals surface area contributed by atoms with E-state index in [9.17, 15) is 39.3 Å². The molecule has 3 aromatic carbocycles. The van der Waals surface area contributed by atoms with Gasteiger partial charge < -0.3 is 49.1 Å². The summed E-state index contributed by atoms with van der Waals surface area (Å²) in [4.78, 5) is 83.7. The van der Waals surface area contributed by atoms with Crippen LogP contribution in [-0.4, -0.2) is 113 Å². The lowest BCUT2D eigenvalue weighted by Crippen LogP contribution is -2.82. The maximum Gasteiger partial charge on any atom is 0.508 e. The van der Waals surface area contributed by atoms with E-state index >= 15 is 4.79 Å². The van der Waals surface area contributed by atoms with Gasteiger partial charge in [-0.2, -0.15) is 0 Å². The molecule has 334 valence electrons. The van der Waals surface area contributed by atoms with Gasteiger partial charge in [0.2, 0.25) is 0 Å². The molecule has 11 atom stereocenters. The Labute approximate surface area is 363 Å². The Balaban J connectivity index is 1.39. The molecule has 7 rings (SSSR count). The number of amides is 1. The van der Waals surface area contributed by atoms with E-state index in [4.69, 9.17) is 28.4 Å². The highest BCUT2D eigenvalue weighted by atomic mass is 16.8. The van der Waals surface area contributed by atoms with Crippen LogP contribution in [0.4, 0.5) is 4.79 Å². The minimum absolute atomic E-state index is 0.0247. The Bertz CT molecular complexity index is 2300. The van der Waals surface area contributed by atoms with Gasteiger partial charge in [-0.1, -0.05) is 80.6 Å². The lowest BCUT2D eigenvalue weighted by atomic mass is 9.44. The quantitative estimate of drug-likeness (QED) is 0.128. The number of ketones is 1. The first kappa shape index (κ1) is 45.1. The van der Waals surface area contributed by atoms with Gasteiger partial charge in [-0.05, 0) is 54.8 Å². The molecule has 16 heteroatoms. The van der Waals surface area contributed by atoms with Crippen LogP contribution in [0.1, 0.15) is 79.8 Å². The van der Waals surface area contributed by atoms with E-state index in [1.54, 1.807) is 92.7 Å². The number of hydrogen-bond acceptors (Lipinski definition) is 15. The number of benzene rings is 3.